The zero-order chi connectivity index (χ0) is 33.5. The second-order valence-electron chi connectivity index (χ2n) is 14.7. The summed E-state index contributed by atoms with van der Waals surface area (Å²) in [6.45, 7) is 14.1. The summed E-state index contributed by atoms with van der Waals surface area (Å²) in [6.07, 6.45) is 5.25. The molecule has 4 rings (SSSR count). The highest BCUT2D eigenvalue weighted by atomic mass is 16.6. The van der Waals surface area contributed by atoms with Crippen molar-refractivity contribution in [2.75, 3.05) is 34.0 Å². The highest BCUT2D eigenvalue weighted by Crippen LogP contribution is 2.45. The van der Waals surface area contributed by atoms with Crippen molar-refractivity contribution in [3.05, 3.63) is 59.7 Å². The second-order valence-corrected chi connectivity index (χ2v) is 14.7. The Balaban J connectivity index is 1.56. The van der Waals surface area contributed by atoms with Crippen LogP contribution in [0.3, 0.4) is 0 Å². The number of hydrogen-bond acceptors (Lipinski definition) is 6. The molecule has 46 heavy (non-hydrogen) atoms. The van der Waals surface area contributed by atoms with E-state index in [-0.39, 0.29) is 24.0 Å². The van der Waals surface area contributed by atoms with Crippen molar-refractivity contribution >= 4 is 12.0 Å². The van der Waals surface area contributed by atoms with Crippen molar-refractivity contribution in [3.8, 4) is 11.5 Å². The van der Waals surface area contributed by atoms with Crippen LogP contribution < -0.4 is 9.47 Å². The SMILES string of the molecule is COCCCOc1cc(C[C@@H](CC2CN(C(=O)OC(C)(C)C)C(C)(N(C(=O)Cc3ccccc3)C3CC3)C2)C(C)C)ccc1OC. The molecule has 254 valence electrons. The molecule has 8 nitrogen and oxygen atoms in total. The minimum Gasteiger partial charge on any atom is -0.493 e. The Morgan fingerprint density at radius 1 is 1.00 bits per heavy atom. The first-order valence-electron chi connectivity index (χ1n) is 17.0. The van der Waals surface area contributed by atoms with E-state index in [4.69, 9.17) is 18.9 Å². The van der Waals surface area contributed by atoms with Gasteiger partial charge in [-0.1, -0.05) is 50.2 Å². The Morgan fingerprint density at radius 2 is 1.72 bits per heavy atom. The average Bonchev–Trinajstić information content (AvgIpc) is 3.76. The molecule has 0 radical (unpaired) electrons. The molecule has 1 saturated heterocycles. The van der Waals surface area contributed by atoms with Gasteiger partial charge in [-0.05, 0) is 101 Å². The van der Waals surface area contributed by atoms with Crippen LogP contribution in [0.5, 0.6) is 11.5 Å². The standard InChI is InChI=1S/C38H56N2O6/c1-27(2)31(21-29-15-18-33(44-8)34(23-29)45-20-12-19-43-7)22-30-25-38(6,39(26-30)36(42)46-37(3,4)5)40(32-16-17-32)35(41)24-28-13-10-9-11-14-28/h9-11,13-15,18,23,27,30-32H,12,16-17,19-22,24-26H2,1-8H3/t30?,31-,38?/m0/s1. The number of benzene rings is 2. The van der Waals surface area contributed by atoms with E-state index in [1.165, 1.54) is 5.56 Å². The second kappa shape index (κ2) is 15.6. The predicted molar refractivity (Wildman–Crippen MR) is 181 cm³/mol. The van der Waals surface area contributed by atoms with E-state index in [1.54, 1.807) is 14.2 Å². The summed E-state index contributed by atoms with van der Waals surface area (Å²) < 4.78 is 22.8. The molecule has 0 spiro atoms. The number of rotatable bonds is 15. The van der Waals surface area contributed by atoms with Crippen LogP contribution in [-0.4, -0.2) is 73.1 Å². The summed E-state index contributed by atoms with van der Waals surface area (Å²) in [5.74, 6) is 2.56. The van der Waals surface area contributed by atoms with Crippen LogP contribution >= 0.6 is 0 Å². The maximum Gasteiger partial charge on any atom is 0.412 e. The molecular formula is C38H56N2O6. The fraction of sp³-hybridized carbons (Fsp3) is 0.632. The molecule has 0 bridgehead atoms. The normalized spacial score (nSPS) is 20.5. The van der Waals surface area contributed by atoms with Crippen LogP contribution in [0.2, 0.25) is 0 Å². The smallest absolute Gasteiger partial charge is 0.412 e. The minimum atomic E-state index is -0.759. The van der Waals surface area contributed by atoms with E-state index in [0.717, 1.165) is 55.6 Å². The molecule has 2 aromatic rings. The zero-order valence-corrected chi connectivity index (χ0v) is 29.3. The monoisotopic (exact) mass is 636 g/mol. The quantitative estimate of drug-likeness (QED) is 0.188. The fourth-order valence-corrected chi connectivity index (χ4v) is 6.87. The Labute approximate surface area is 276 Å². The first kappa shape index (κ1) is 35.6. The van der Waals surface area contributed by atoms with Gasteiger partial charge in [-0.2, -0.15) is 0 Å². The lowest BCUT2D eigenvalue weighted by Crippen LogP contribution is -2.61. The molecule has 1 heterocycles. The van der Waals surface area contributed by atoms with E-state index in [0.29, 0.717) is 38.0 Å². The van der Waals surface area contributed by atoms with Crippen LogP contribution in [0.1, 0.15) is 84.8 Å². The zero-order valence-electron chi connectivity index (χ0n) is 29.3. The molecule has 0 aromatic heterocycles. The van der Waals surface area contributed by atoms with Crippen molar-refractivity contribution < 1.29 is 28.5 Å². The van der Waals surface area contributed by atoms with Crippen LogP contribution in [0.25, 0.3) is 0 Å². The maximum absolute atomic E-state index is 14.0. The van der Waals surface area contributed by atoms with Gasteiger partial charge in [0.25, 0.3) is 0 Å². The Kier molecular flexibility index (Phi) is 12.0. The van der Waals surface area contributed by atoms with Gasteiger partial charge in [0.2, 0.25) is 5.91 Å². The topological polar surface area (TPSA) is 77.5 Å². The molecule has 8 heteroatoms. The van der Waals surface area contributed by atoms with E-state index in [9.17, 15) is 9.59 Å². The number of carbonyl (C=O) groups is 2. The minimum absolute atomic E-state index is 0.0714. The number of carbonyl (C=O) groups excluding carboxylic acids is 2. The Bertz CT molecular complexity index is 1290. The number of ether oxygens (including phenoxy) is 4. The third-order valence-corrected chi connectivity index (χ3v) is 9.26. The number of amides is 2. The largest absolute Gasteiger partial charge is 0.493 e. The molecule has 2 amide bonds. The predicted octanol–water partition coefficient (Wildman–Crippen LogP) is 7.52. The van der Waals surface area contributed by atoms with E-state index in [2.05, 4.69) is 32.9 Å². The summed E-state index contributed by atoms with van der Waals surface area (Å²) in [7, 11) is 3.36. The van der Waals surface area contributed by atoms with Gasteiger partial charge >= 0.3 is 6.09 Å². The van der Waals surface area contributed by atoms with E-state index >= 15 is 0 Å². The van der Waals surface area contributed by atoms with Crippen molar-refractivity contribution in [1.29, 1.82) is 0 Å². The van der Waals surface area contributed by atoms with Gasteiger partial charge in [0.05, 0.1) is 20.1 Å². The van der Waals surface area contributed by atoms with Gasteiger partial charge in [-0.25, -0.2) is 4.79 Å². The fourth-order valence-electron chi connectivity index (χ4n) is 6.87. The summed E-state index contributed by atoms with van der Waals surface area (Å²) >= 11 is 0. The maximum atomic E-state index is 14.0. The molecule has 2 aromatic carbocycles. The van der Waals surface area contributed by atoms with Crippen LogP contribution in [0.4, 0.5) is 4.79 Å². The molecule has 3 atom stereocenters. The highest BCUT2D eigenvalue weighted by molar-refractivity contribution is 5.81. The molecule has 0 N–H and O–H groups in total. The third kappa shape index (κ3) is 9.40. The van der Waals surface area contributed by atoms with E-state index < -0.39 is 11.3 Å². The molecule has 1 aliphatic carbocycles. The van der Waals surface area contributed by atoms with Crippen molar-refractivity contribution in [1.82, 2.24) is 9.80 Å². The number of nitrogens with zero attached hydrogens (tertiary/aromatic N) is 2. The lowest BCUT2D eigenvalue weighted by atomic mass is 9.81. The molecule has 2 unspecified atom stereocenters. The first-order valence-corrected chi connectivity index (χ1v) is 17.0. The molecule has 2 aliphatic rings. The molecule has 1 aliphatic heterocycles. The lowest BCUT2D eigenvalue weighted by Gasteiger charge is -2.45. The van der Waals surface area contributed by atoms with Crippen LogP contribution in [-0.2, 0) is 27.1 Å². The Morgan fingerprint density at radius 3 is 2.33 bits per heavy atom. The summed E-state index contributed by atoms with van der Waals surface area (Å²) in [5.41, 5.74) is 0.794. The van der Waals surface area contributed by atoms with Gasteiger partial charge in [-0.15, -0.1) is 0 Å². The van der Waals surface area contributed by atoms with Gasteiger partial charge in [0.1, 0.15) is 11.3 Å². The van der Waals surface area contributed by atoms with Gasteiger partial charge < -0.3 is 23.8 Å². The van der Waals surface area contributed by atoms with Gasteiger partial charge in [0.15, 0.2) is 11.5 Å². The average molecular weight is 637 g/mol. The van der Waals surface area contributed by atoms with Crippen molar-refractivity contribution in [2.45, 2.75) is 104 Å². The van der Waals surface area contributed by atoms with Crippen LogP contribution in [0.15, 0.2) is 48.5 Å². The molecule has 2 fully saturated rings. The van der Waals surface area contributed by atoms with Crippen LogP contribution in [0, 0.1) is 17.8 Å². The Hall–Kier alpha value is -3.26. The highest BCUT2D eigenvalue weighted by Gasteiger charge is 2.55. The van der Waals surface area contributed by atoms with E-state index in [1.807, 2.05) is 67.0 Å². The number of hydrogen-bond donors (Lipinski definition) is 0. The summed E-state index contributed by atoms with van der Waals surface area (Å²) in [5, 5.41) is 0. The van der Waals surface area contributed by atoms with Gasteiger partial charge in [-0.3, -0.25) is 9.69 Å². The van der Waals surface area contributed by atoms with Crippen molar-refractivity contribution in [2.24, 2.45) is 17.8 Å². The lowest BCUT2D eigenvalue weighted by molar-refractivity contribution is -0.143. The summed E-state index contributed by atoms with van der Waals surface area (Å²) in [4.78, 5) is 31.7. The first-order chi connectivity index (χ1) is 21.8. The number of methoxy groups -OCH3 is 2. The molecular weight excluding hydrogens is 580 g/mol. The number of likely N-dealkylation sites (tertiary alicyclic amines) is 1. The van der Waals surface area contributed by atoms with Gasteiger partial charge in [0, 0.05) is 32.7 Å². The summed E-state index contributed by atoms with van der Waals surface area (Å²) in [6, 6.07) is 16.3. The molecule has 1 saturated carbocycles. The van der Waals surface area contributed by atoms with Crippen molar-refractivity contribution in [3.63, 3.8) is 0 Å². The third-order valence-electron chi connectivity index (χ3n) is 9.26.